The van der Waals surface area contributed by atoms with E-state index in [0.29, 0.717) is 0 Å². The van der Waals surface area contributed by atoms with Crippen LogP contribution in [0.3, 0.4) is 0 Å². The van der Waals surface area contributed by atoms with Crippen LogP contribution in [0.15, 0.2) is 24.3 Å². The molecule has 0 nitrogen and oxygen atoms in total. The van der Waals surface area contributed by atoms with Crippen molar-refractivity contribution in [1.82, 2.24) is 0 Å². The first-order valence-corrected chi connectivity index (χ1v) is 10.1. The SMILES string of the molecule is CC(C)(C)c1cc2cc(C(C)(C)C)c(C(C)(C)C)cc2cc1C(C)(C)C. The maximum Gasteiger partial charge on any atom is -0.0129 e. The van der Waals surface area contributed by atoms with Crippen LogP contribution < -0.4 is 0 Å². The van der Waals surface area contributed by atoms with E-state index in [0.717, 1.165) is 0 Å². The highest BCUT2D eigenvalue weighted by Crippen LogP contribution is 2.41. The summed E-state index contributed by atoms with van der Waals surface area (Å²) in [7, 11) is 0. The fourth-order valence-electron chi connectivity index (χ4n) is 3.83. The molecule has 0 fully saturated rings. The first-order valence-electron chi connectivity index (χ1n) is 10.1. The zero-order chi connectivity index (χ0) is 20.3. The predicted octanol–water partition coefficient (Wildman–Crippen LogP) is 8.03. The summed E-state index contributed by atoms with van der Waals surface area (Å²) in [5.74, 6) is 0. The lowest BCUT2D eigenvalue weighted by atomic mass is 9.71. The van der Waals surface area contributed by atoms with E-state index in [2.05, 4.69) is 107 Å². The highest BCUT2D eigenvalue weighted by molar-refractivity contribution is 5.87. The molecule has 0 aliphatic carbocycles. The van der Waals surface area contributed by atoms with E-state index in [-0.39, 0.29) is 21.7 Å². The van der Waals surface area contributed by atoms with E-state index in [1.807, 2.05) is 0 Å². The number of benzene rings is 2. The van der Waals surface area contributed by atoms with E-state index in [1.54, 1.807) is 0 Å². The van der Waals surface area contributed by atoms with Crippen molar-refractivity contribution in [3.05, 3.63) is 46.5 Å². The van der Waals surface area contributed by atoms with Gasteiger partial charge in [0.25, 0.3) is 0 Å². The van der Waals surface area contributed by atoms with Gasteiger partial charge in [-0.25, -0.2) is 0 Å². The molecule has 0 amide bonds. The van der Waals surface area contributed by atoms with Gasteiger partial charge in [0, 0.05) is 0 Å². The van der Waals surface area contributed by atoms with Crippen LogP contribution in [-0.2, 0) is 21.7 Å². The van der Waals surface area contributed by atoms with Gasteiger partial charge in [0.1, 0.15) is 0 Å². The minimum atomic E-state index is 0.140. The number of rotatable bonds is 0. The summed E-state index contributed by atoms with van der Waals surface area (Å²) >= 11 is 0. The normalized spacial score (nSPS) is 14.2. The monoisotopic (exact) mass is 352 g/mol. The van der Waals surface area contributed by atoms with Crippen molar-refractivity contribution in [2.75, 3.05) is 0 Å². The average molecular weight is 353 g/mol. The highest BCUT2D eigenvalue weighted by Gasteiger charge is 2.28. The Morgan fingerprint density at radius 1 is 0.346 bits per heavy atom. The van der Waals surface area contributed by atoms with Crippen molar-refractivity contribution in [3.8, 4) is 0 Å². The van der Waals surface area contributed by atoms with Crippen molar-refractivity contribution in [2.45, 2.75) is 105 Å². The molecule has 2 rings (SSSR count). The van der Waals surface area contributed by atoms with E-state index >= 15 is 0 Å². The second kappa shape index (κ2) is 6.11. The molecule has 0 bridgehead atoms. The van der Waals surface area contributed by atoms with Gasteiger partial charge in [-0.1, -0.05) is 107 Å². The predicted molar refractivity (Wildman–Crippen MR) is 119 cm³/mol. The summed E-state index contributed by atoms with van der Waals surface area (Å²) in [4.78, 5) is 0. The van der Waals surface area contributed by atoms with Crippen molar-refractivity contribution in [2.24, 2.45) is 0 Å². The molecule has 0 saturated heterocycles. The molecule has 2 aromatic carbocycles. The van der Waals surface area contributed by atoms with Crippen LogP contribution in [0.2, 0.25) is 0 Å². The summed E-state index contributed by atoms with van der Waals surface area (Å²) in [5, 5.41) is 2.75. The molecular formula is C26H40. The standard InChI is InChI=1S/C26H40/c1-23(2,3)19-13-17-15-21(25(7,8)9)22(26(10,11)12)16-18(17)14-20(19)24(4,5)6/h13-16H,1-12H3. The molecule has 0 heteroatoms. The minimum absolute atomic E-state index is 0.140. The van der Waals surface area contributed by atoms with Gasteiger partial charge < -0.3 is 0 Å². The number of hydrogen-bond donors (Lipinski definition) is 0. The van der Waals surface area contributed by atoms with Gasteiger partial charge in [-0.3, -0.25) is 0 Å². The first kappa shape index (κ1) is 21.0. The van der Waals surface area contributed by atoms with Crippen LogP contribution in [0.5, 0.6) is 0 Å². The molecule has 0 aliphatic heterocycles. The quantitative estimate of drug-likeness (QED) is 0.450. The summed E-state index contributed by atoms with van der Waals surface area (Å²) in [6, 6.07) is 9.82. The van der Waals surface area contributed by atoms with Crippen LogP contribution in [0.1, 0.15) is 105 Å². The lowest BCUT2D eigenvalue weighted by Crippen LogP contribution is -2.23. The fraction of sp³-hybridized carbons (Fsp3) is 0.615. The number of hydrogen-bond acceptors (Lipinski definition) is 0. The van der Waals surface area contributed by atoms with Crippen molar-refractivity contribution < 1.29 is 0 Å². The lowest BCUT2D eigenvalue weighted by Gasteiger charge is -2.33. The van der Waals surface area contributed by atoms with E-state index in [4.69, 9.17) is 0 Å². The molecular weight excluding hydrogens is 312 g/mol. The third-order valence-corrected chi connectivity index (χ3v) is 5.35. The summed E-state index contributed by atoms with van der Waals surface area (Å²) in [6.45, 7) is 28.0. The van der Waals surface area contributed by atoms with Crippen LogP contribution >= 0.6 is 0 Å². The van der Waals surface area contributed by atoms with Gasteiger partial charge in [0.05, 0.1) is 0 Å². The van der Waals surface area contributed by atoms with Gasteiger partial charge in [0.2, 0.25) is 0 Å². The zero-order valence-electron chi connectivity index (χ0n) is 19.3. The van der Waals surface area contributed by atoms with E-state index < -0.39 is 0 Å². The molecule has 0 unspecified atom stereocenters. The molecule has 0 radical (unpaired) electrons. The molecule has 0 heterocycles. The Kier molecular flexibility index (Phi) is 4.94. The lowest BCUT2D eigenvalue weighted by molar-refractivity contribution is 0.528. The number of fused-ring (bicyclic) bond motifs is 1. The molecule has 2 aromatic rings. The Balaban J connectivity index is 2.96. The largest absolute Gasteiger partial charge is 0.0561 e. The van der Waals surface area contributed by atoms with Gasteiger partial charge >= 0.3 is 0 Å². The fourth-order valence-corrected chi connectivity index (χ4v) is 3.83. The van der Waals surface area contributed by atoms with Crippen LogP contribution in [-0.4, -0.2) is 0 Å². The Morgan fingerprint density at radius 2 is 0.500 bits per heavy atom. The van der Waals surface area contributed by atoms with Gasteiger partial charge in [-0.15, -0.1) is 0 Å². The topological polar surface area (TPSA) is 0 Å². The molecule has 0 aliphatic rings. The van der Waals surface area contributed by atoms with Gasteiger partial charge in [-0.05, 0) is 54.7 Å². The molecule has 0 N–H and O–H groups in total. The Bertz CT molecular complexity index is 669. The second-order valence-corrected chi connectivity index (χ2v) is 12.1. The molecule has 144 valence electrons. The Hall–Kier alpha value is -1.30. The van der Waals surface area contributed by atoms with Crippen molar-refractivity contribution >= 4 is 10.8 Å². The van der Waals surface area contributed by atoms with E-state index in [1.165, 1.54) is 33.0 Å². The Labute approximate surface area is 162 Å². The maximum atomic E-state index is 2.46. The average Bonchev–Trinajstić information content (AvgIpc) is 2.40. The van der Waals surface area contributed by atoms with Crippen molar-refractivity contribution in [3.63, 3.8) is 0 Å². The second-order valence-electron chi connectivity index (χ2n) is 12.1. The summed E-state index contributed by atoms with van der Waals surface area (Å²) in [6.07, 6.45) is 0. The third kappa shape index (κ3) is 4.16. The molecule has 0 aromatic heterocycles. The zero-order valence-corrected chi connectivity index (χ0v) is 19.3. The van der Waals surface area contributed by atoms with Crippen LogP contribution in [0.25, 0.3) is 10.8 Å². The van der Waals surface area contributed by atoms with Gasteiger partial charge in [0.15, 0.2) is 0 Å². The van der Waals surface area contributed by atoms with E-state index in [9.17, 15) is 0 Å². The van der Waals surface area contributed by atoms with Crippen molar-refractivity contribution in [1.29, 1.82) is 0 Å². The Morgan fingerprint density at radius 3 is 0.615 bits per heavy atom. The molecule has 26 heavy (non-hydrogen) atoms. The highest BCUT2D eigenvalue weighted by atomic mass is 14.3. The minimum Gasteiger partial charge on any atom is -0.0561 e. The smallest absolute Gasteiger partial charge is 0.0129 e. The maximum absolute atomic E-state index is 2.46. The summed E-state index contributed by atoms with van der Waals surface area (Å²) < 4.78 is 0. The molecule has 0 saturated carbocycles. The summed E-state index contributed by atoms with van der Waals surface area (Å²) in [5.41, 5.74) is 6.45. The molecule has 0 atom stereocenters. The first-order chi connectivity index (χ1) is 11.4. The molecule has 0 spiro atoms. The van der Waals surface area contributed by atoms with Gasteiger partial charge in [-0.2, -0.15) is 0 Å². The third-order valence-electron chi connectivity index (χ3n) is 5.35. The van der Waals surface area contributed by atoms with Crippen LogP contribution in [0.4, 0.5) is 0 Å². The van der Waals surface area contributed by atoms with Crippen LogP contribution in [0, 0.1) is 0 Å².